The molecule has 0 aliphatic heterocycles. The first-order valence-corrected chi connectivity index (χ1v) is 7.53. The van der Waals surface area contributed by atoms with Crippen molar-refractivity contribution in [3.05, 3.63) is 56.4 Å². The highest BCUT2D eigenvalue weighted by atomic mass is 79.9. The maximum atomic E-state index is 13.2. The molecule has 1 N–H and O–H groups in total. The van der Waals surface area contributed by atoms with Gasteiger partial charge in [-0.1, -0.05) is 19.1 Å². The second-order valence-corrected chi connectivity index (χ2v) is 6.58. The molecule has 2 rings (SSSR count). The van der Waals surface area contributed by atoms with E-state index in [4.69, 9.17) is 0 Å². The molecule has 1 heterocycles. The Morgan fingerprint density at radius 3 is 2.78 bits per heavy atom. The van der Waals surface area contributed by atoms with Crippen LogP contribution in [0.1, 0.15) is 23.4 Å². The molecule has 1 aromatic heterocycles. The molecule has 0 radical (unpaired) electrons. The van der Waals surface area contributed by atoms with Crippen molar-refractivity contribution in [2.75, 3.05) is 6.54 Å². The van der Waals surface area contributed by atoms with Crippen LogP contribution in [0.3, 0.4) is 0 Å². The lowest BCUT2D eigenvalue weighted by Gasteiger charge is -2.16. The van der Waals surface area contributed by atoms with E-state index < -0.39 is 0 Å². The van der Waals surface area contributed by atoms with Gasteiger partial charge in [-0.25, -0.2) is 4.39 Å². The number of likely N-dealkylation sites (N-methyl/N-ethyl adjacent to an activating group) is 1. The summed E-state index contributed by atoms with van der Waals surface area (Å²) in [5.74, 6) is -0.171. The molecular formula is C14H15BrFNS. The van der Waals surface area contributed by atoms with E-state index in [0.717, 1.165) is 22.3 Å². The molecule has 18 heavy (non-hydrogen) atoms. The number of thiophene rings is 1. The van der Waals surface area contributed by atoms with Crippen LogP contribution < -0.4 is 5.32 Å². The summed E-state index contributed by atoms with van der Waals surface area (Å²) >= 11 is 5.20. The fraction of sp³-hybridized carbons (Fsp3) is 0.286. The zero-order valence-corrected chi connectivity index (χ0v) is 12.5. The normalized spacial score (nSPS) is 12.6. The van der Waals surface area contributed by atoms with Gasteiger partial charge in [0.25, 0.3) is 0 Å². The summed E-state index contributed by atoms with van der Waals surface area (Å²) in [4.78, 5) is 1.27. The van der Waals surface area contributed by atoms with Gasteiger partial charge >= 0.3 is 0 Å². The average molecular weight is 328 g/mol. The smallest absolute Gasteiger partial charge is 0.123 e. The highest BCUT2D eigenvalue weighted by molar-refractivity contribution is 9.11. The van der Waals surface area contributed by atoms with E-state index in [9.17, 15) is 4.39 Å². The molecule has 4 heteroatoms. The number of benzene rings is 1. The lowest BCUT2D eigenvalue weighted by molar-refractivity contribution is 0.554. The summed E-state index contributed by atoms with van der Waals surface area (Å²) in [5, 5.41) is 3.45. The molecule has 1 atom stereocenters. The molecule has 0 aliphatic rings. The van der Waals surface area contributed by atoms with Crippen molar-refractivity contribution in [2.24, 2.45) is 0 Å². The Morgan fingerprint density at radius 1 is 1.33 bits per heavy atom. The standard InChI is InChI=1S/C14H15BrFNS/c1-2-17-12(13-6-7-14(15)18-13)9-10-4-3-5-11(16)8-10/h3-8,12,17H,2,9H2,1H3. The topological polar surface area (TPSA) is 12.0 Å². The van der Waals surface area contributed by atoms with Crippen LogP contribution in [0.2, 0.25) is 0 Å². The van der Waals surface area contributed by atoms with E-state index in [1.807, 2.05) is 6.07 Å². The van der Waals surface area contributed by atoms with Crippen LogP contribution in [0.15, 0.2) is 40.2 Å². The third-order valence-electron chi connectivity index (χ3n) is 2.72. The highest BCUT2D eigenvalue weighted by Gasteiger charge is 2.13. The first kappa shape index (κ1) is 13.7. The van der Waals surface area contributed by atoms with Crippen LogP contribution in [0.4, 0.5) is 4.39 Å². The summed E-state index contributed by atoms with van der Waals surface area (Å²) in [6.07, 6.45) is 0.804. The summed E-state index contributed by atoms with van der Waals surface area (Å²) < 4.78 is 14.3. The van der Waals surface area contributed by atoms with Crippen molar-refractivity contribution in [3.8, 4) is 0 Å². The van der Waals surface area contributed by atoms with E-state index in [2.05, 4.69) is 40.3 Å². The van der Waals surface area contributed by atoms with E-state index >= 15 is 0 Å². The Balaban J connectivity index is 2.16. The fourth-order valence-electron chi connectivity index (χ4n) is 1.93. The minimum absolute atomic E-state index is 0.171. The molecule has 1 nitrogen and oxygen atoms in total. The van der Waals surface area contributed by atoms with Crippen LogP contribution in [0, 0.1) is 5.82 Å². The Hall–Kier alpha value is -0.710. The molecule has 0 spiro atoms. The Kier molecular flexibility index (Phi) is 4.92. The Labute approximate surface area is 119 Å². The fourth-order valence-corrected chi connectivity index (χ4v) is 3.43. The van der Waals surface area contributed by atoms with Crippen molar-refractivity contribution >= 4 is 27.3 Å². The van der Waals surface area contributed by atoms with Crippen molar-refractivity contribution in [3.63, 3.8) is 0 Å². The van der Waals surface area contributed by atoms with Gasteiger partial charge in [-0.05, 0) is 58.7 Å². The molecule has 96 valence electrons. The number of halogens is 2. The maximum absolute atomic E-state index is 13.2. The second kappa shape index (κ2) is 6.45. The Morgan fingerprint density at radius 2 is 2.17 bits per heavy atom. The first-order valence-electron chi connectivity index (χ1n) is 5.92. The number of hydrogen-bond donors (Lipinski definition) is 1. The molecule has 0 amide bonds. The second-order valence-electron chi connectivity index (χ2n) is 4.09. The molecule has 0 saturated carbocycles. The summed E-state index contributed by atoms with van der Waals surface area (Å²) in [7, 11) is 0. The predicted molar refractivity (Wildman–Crippen MR) is 78.5 cm³/mol. The molecule has 0 saturated heterocycles. The van der Waals surface area contributed by atoms with Crippen LogP contribution in [-0.2, 0) is 6.42 Å². The number of rotatable bonds is 5. The van der Waals surface area contributed by atoms with E-state index in [0.29, 0.717) is 0 Å². The van der Waals surface area contributed by atoms with Gasteiger partial charge in [0, 0.05) is 10.9 Å². The van der Waals surface area contributed by atoms with Gasteiger partial charge in [0.2, 0.25) is 0 Å². The predicted octanol–water partition coefficient (Wildman–Crippen LogP) is 4.54. The zero-order chi connectivity index (χ0) is 13.0. The van der Waals surface area contributed by atoms with Crippen LogP contribution >= 0.6 is 27.3 Å². The van der Waals surface area contributed by atoms with Gasteiger partial charge in [0.1, 0.15) is 5.82 Å². The van der Waals surface area contributed by atoms with Gasteiger partial charge in [-0.15, -0.1) is 11.3 Å². The monoisotopic (exact) mass is 327 g/mol. The number of hydrogen-bond acceptors (Lipinski definition) is 2. The van der Waals surface area contributed by atoms with Crippen LogP contribution in [0.5, 0.6) is 0 Å². The molecule has 0 fully saturated rings. The van der Waals surface area contributed by atoms with Gasteiger partial charge in [-0.2, -0.15) is 0 Å². The molecule has 0 bridgehead atoms. The van der Waals surface area contributed by atoms with E-state index in [1.54, 1.807) is 23.5 Å². The molecule has 1 unspecified atom stereocenters. The van der Waals surface area contributed by atoms with Crippen LogP contribution in [-0.4, -0.2) is 6.54 Å². The van der Waals surface area contributed by atoms with Crippen molar-refractivity contribution in [1.82, 2.24) is 5.32 Å². The van der Waals surface area contributed by atoms with E-state index in [-0.39, 0.29) is 11.9 Å². The highest BCUT2D eigenvalue weighted by Crippen LogP contribution is 2.29. The minimum Gasteiger partial charge on any atom is -0.309 e. The van der Waals surface area contributed by atoms with Crippen molar-refractivity contribution in [2.45, 2.75) is 19.4 Å². The van der Waals surface area contributed by atoms with Crippen molar-refractivity contribution in [1.29, 1.82) is 0 Å². The summed E-state index contributed by atoms with van der Waals surface area (Å²) in [6.45, 7) is 2.98. The van der Waals surface area contributed by atoms with Gasteiger partial charge in [0.15, 0.2) is 0 Å². The molecular weight excluding hydrogens is 313 g/mol. The molecule has 2 aromatic rings. The minimum atomic E-state index is -0.171. The largest absolute Gasteiger partial charge is 0.309 e. The summed E-state index contributed by atoms with van der Waals surface area (Å²) in [6, 6.07) is 11.2. The molecule has 0 aliphatic carbocycles. The average Bonchev–Trinajstić information content (AvgIpc) is 2.75. The van der Waals surface area contributed by atoms with Crippen LogP contribution in [0.25, 0.3) is 0 Å². The first-order chi connectivity index (χ1) is 8.69. The third-order valence-corrected chi connectivity index (χ3v) is 4.45. The third kappa shape index (κ3) is 3.64. The lowest BCUT2D eigenvalue weighted by atomic mass is 10.0. The quantitative estimate of drug-likeness (QED) is 0.849. The van der Waals surface area contributed by atoms with Gasteiger partial charge < -0.3 is 5.32 Å². The molecule has 1 aromatic carbocycles. The maximum Gasteiger partial charge on any atom is 0.123 e. The SMILES string of the molecule is CCNC(Cc1cccc(F)c1)c1ccc(Br)s1. The Bertz CT molecular complexity index is 512. The van der Waals surface area contributed by atoms with E-state index in [1.165, 1.54) is 10.9 Å². The number of nitrogens with one attached hydrogen (secondary N) is 1. The van der Waals surface area contributed by atoms with Gasteiger partial charge in [-0.3, -0.25) is 0 Å². The zero-order valence-electron chi connectivity index (χ0n) is 10.1. The lowest BCUT2D eigenvalue weighted by Crippen LogP contribution is -2.22. The van der Waals surface area contributed by atoms with Crippen molar-refractivity contribution < 1.29 is 4.39 Å². The van der Waals surface area contributed by atoms with Gasteiger partial charge in [0.05, 0.1) is 3.79 Å². The summed E-state index contributed by atoms with van der Waals surface area (Å²) in [5.41, 5.74) is 1.02.